The van der Waals surface area contributed by atoms with Crippen molar-refractivity contribution in [3.8, 4) is 11.5 Å². The number of hydrogen-bond acceptors (Lipinski definition) is 3. The number of unbranched alkanes of at least 4 members (excludes halogenated alkanes) is 2. The van der Waals surface area contributed by atoms with Gasteiger partial charge in [-0.1, -0.05) is 28.4 Å². The number of hydrogen-bond donors (Lipinski definition) is 2. The summed E-state index contributed by atoms with van der Waals surface area (Å²) in [6.45, 7) is 0.640. The standard InChI is InChI=1S/C13H18BrNO3/c1-15(9-4-2-3-8-14)13(18)10-6-5-7-11(16)12(10)17/h5-7,16-17H,2-4,8-9H2,1H3. The molecule has 5 heteroatoms. The molecule has 18 heavy (non-hydrogen) atoms. The smallest absolute Gasteiger partial charge is 0.257 e. The van der Waals surface area contributed by atoms with Crippen molar-refractivity contribution in [1.82, 2.24) is 4.90 Å². The number of phenols is 2. The fourth-order valence-electron chi connectivity index (χ4n) is 1.63. The Kier molecular flexibility index (Phi) is 5.98. The summed E-state index contributed by atoms with van der Waals surface area (Å²) in [5, 5.41) is 19.9. The molecule has 1 aromatic rings. The number of aromatic hydroxyl groups is 2. The van der Waals surface area contributed by atoms with Crippen molar-refractivity contribution < 1.29 is 15.0 Å². The minimum Gasteiger partial charge on any atom is -0.504 e. The van der Waals surface area contributed by atoms with E-state index in [1.54, 1.807) is 18.0 Å². The van der Waals surface area contributed by atoms with Crippen LogP contribution in [0.15, 0.2) is 18.2 Å². The summed E-state index contributed by atoms with van der Waals surface area (Å²) in [6, 6.07) is 4.40. The van der Waals surface area contributed by atoms with Gasteiger partial charge < -0.3 is 15.1 Å². The van der Waals surface area contributed by atoms with Crippen LogP contribution < -0.4 is 0 Å². The number of amides is 1. The van der Waals surface area contributed by atoms with Crippen LogP contribution in [0.2, 0.25) is 0 Å². The van der Waals surface area contributed by atoms with Crippen molar-refractivity contribution in [1.29, 1.82) is 0 Å². The molecule has 100 valence electrons. The summed E-state index contributed by atoms with van der Waals surface area (Å²) in [5.41, 5.74) is 0.137. The topological polar surface area (TPSA) is 60.8 Å². The number of phenolic OH excluding ortho intramolecular Hbond substituents is 2. The zero-order valence-electron chi connectivity index (χ0n) is 10.4. The van der Waals surface area contributed by atoms with E-state index in [9.17, 15) is 15.0 Å². The second kappa shape index (κ2) is 7.26. The van der Waals surface area contributed by atoms with Gasteiger partial charge >= 0.3 is 0 Å². The molecular weight excluding hydrogens is 298 g/mol. The Morgan fingerprint density at radius 3 is 2.67 bits per heavy atom. The molecule has 0 spiro atoms. The molecule has 0 aliphatic rings. The quantitative estimate of drug-likeness (QED) is 0.482. The summed E-state index contributed by atoms with van der Waals surface area (Å²) in [4.78, 5) is 13.6. The van der Waals surface area contributed by atoms with Crippen LogP contribution >= 0.6 is 15.9 Å². The predicted molar refractivity (Wildman–Crippen MR) is 74.4 cm³/mol. The number of benzene rings is 1. The first-order valence-corrected chi connectivity index (χ1v) is 7.02. The van der Waals surface area contributed by atoms with E-state index in [0.29, 0.717) is 6.54 Å². The Morgan fingerprint density at radius 1 is 1.28 bits per heavy atom. The molecule has 0 saturated carbocycles. The maximum atomic E-state index is 12.0. The number of halogens is 1. The predicted octanol–water partition coefficient (Wildman–Crippen LogP) is 2.74. The van der Waals surface area contributed by atoms with E-state index in [0.717, 1.165) is 24.6 Å². The van der Waals surface area contributed by atoms with Gasteiger partial charge in [0.05, 0.1) is 5.56 Å². The van der Waals surface area contributed by atoms with Gasteiger partial charge in [0.15, 0.2) is 11.5 Å². The fraction of sp³-hybridized carbons (Fsp3) is 0.462. The highest BCUT2D eigenvalue weighted by atomic mass is 79.9. The van der Waals surface area contributed by atoms with Crippen molar-refractivity contribution in [3.05, 3.63) is 23.8 Å². The Labute approximate surface area is 115 Å². The van der Waals surface area contributed by atoms with Crippen LogP contribution in [0.1, 0.15) is 29.6 Å². The van der Waals surface area contributed by atoms with Crippen LogP contribution in [0.5, 0.6) is 11.5 Å². The Balaban J connectivity index is 2.60. The van der Waals surface area contributed by atoms with Crippen molar-refractivity contribution in [2.45, 2.75) is 19.3 Å². The number of carbonyl (C=O) groups is 1. The molecular formula is C13H18BrNO3. The van der Waals surface area contributed by atoms with Gasteiger partial charge in [-0.25, -0.2) is 0 Å². The van der Waals surface area contributed by atoms with Gasteiger partial charge in [-0.2, -0.15) is 0 Å². The molecule has 0 aliphatic heterocycles. The zero-order chi connectivity index (χ0) is 13.5. The second-order valence-electron chi connectivity index (χ2n) is 4.15. The van der Waals surface area contributed by atoms with Crippen LogP contribution in [0, 0.1) is 0 Å². The number of para-hydroxylation sites is 1. The molecule has 0 unspecified atom stereocenters. The molecule has 1 amide bonds. The molecule has 4 nitrogen and oxygen atoms in total. The monoisotopic (exact) mass is 315 g/mol. The van der Waals surface area contributed by atoms with Gasteiger partial charge in [-0.15, -0.1) is 0 Å². The van der Waals surface area contributed by atoms with Crippen LogP contribution in [-0.2, 0) is 0 Å². The van der Waals surface area contributed by atoms with Gasteiger partial charge in [0, 0.05) is 18.9 Å². The second-order valence-corrected chi connectivity index (χ2v) is 4.94. The molecule has 0 saturated heterocycles. The third-order valence-electron chi connectivity index (χ3n) is 2.72. The largest absolute Gasteiger partial charge is 0.504 e. The Morgan fingerprint density at radius 2 is 2.00 bits per heavy atom. The van der Waals surface area contributed by atoms with Crippen LogP contribution in [0.3, 0.4) is 0 Å². The average molecular weight is 316 g/mol. The lowest BCUT2D eigenvalue weighted by Crippen LogP contribution is -2.27. The first-order valence-electron chi connectivity index (χ1n) is 5.90. The maximum Gasteiger partial charge on any atom is 0.257 e. The van der Waals surface area contributed by atoms with Crippen LogP contribution in [0.4, 0.5) is 0 Å². The SMILES string of the molecule is CN(CCCCCBr)C(=O)c1cccc(O)c1O. The number of alkyl halides is 1. The lowest BCUT2D eigenvalue weighted by Gasteiger charge is -2.17. The maximum absolute atomic E-state index is 12.0. The van der Waals surface area contributed by atoms with E-state index in [2.05, 4.69) is 15.9 Å². The van der Waals surface area contributed by atoms with Gasteiger partial charge in [-0.05, 0) is 25.0 Å². The van der Waals surface area contributed by atoms with Crippen molar-refractivity contribution in [3.63, 3.8) is 0 Å². The van der Waals surface area contributed by atoms with Crippen molar-refractivity contribution in [2.24, 2.45) is 0 Å². The van der Waals surface area contributed by atoms with Gasteiger partial charge in [0.25, 0.3) is 5.91 Å². The molecule has 2 N–H and O–H groups in total. The van der Waals surface area contributed by atoms with Gasteiger partial charge in [0.2, 0.25) is 0 Å². The average Bonchev–Trinajstić information content (AvgIpc) is 2.37. The first kappa shape index (κ1) is 14.8. The first-order chi connectivity index (χ1) is 8.57. The zero-order valence-corrected chi connectivity index (χ0v) is 12.0. The molecule has 0 fully saturated rings. The van der Waals surface area contributed by atoms with Crippen LogP contribution in [0.25, 0.3) is 0 Å². The van der Waals surface area contributed by atoms with Gasteiger partial charge in [-0.3, -0.25) is 4.79 Å². The Bertz CT molecular complexity index is 409. The Hall–Kier alpha value is -1.23. The molecule has 0 aliphatic carbocycles. The number of nitrogens with zero attached hydrogens (tertiary/aromatic N) is 1. The van der Waals surface area contributed by atoms with E-state index in [4.69, 9.17) is 0 Å². The van der Waals surface area contributed by atoms with E-state index >= 15 is 0 Å². The molecule has 0 heterocycles. The van der Waals surface area contributed by atoms with Crippen LogP contribution in [-0.4, -0.2) is 39.9 Å². The molecule has 0 radical (unpaired) electrons. The lowest BCUT2D eigenvalue weighted by atomic mass is 10.1. The number of carbonyl (C=O) groups excluding carboxylic acids is 1. The third kappa shape index (κ3) is 3.91. The van der Waals surface area contributed by atoms with Crippen molar-refractivity contribution >= 4 is 21.8 Å². The molecule has 0 atom stereocenters. The number of rotatable bonds is 6. The van der Waals surface area contributed by atoms with Crippen molar-refractivity contribution in [2.75, 3.05) is 18.9 Å². The van der Waals surface area contributed by atoms with Gasteiger partial charge in [0.1, 0.15) is 0 Å². The summed E-state index contributed by atoms with van der Waals surface area (Å²) < 4.78 is 0. The molecule has 0 aromatic heterocycles. The highest BCUT2D eigenvalue weighted by Crippen LogP contribution is 2.28. The molecule has 1 aromatic carbocycles. The normalized spacial score (nSPS) is 10.3. The minimum absolute atomic E-state index is 0.137. The molecule has 1 rings (SSSR count). The highest BCUT2D eigenvalue weighted by molar-refractivity contribution is 9.09. The lowest BCUT2D eigenvalue weighted by molar-refractivity contribution is 0.0789. The van der Waals surface area contributed by atoms with E-state index in [-0.39, 0.29) is 23.0 Å². The third-order valence-corrected chi connectivity index (χ3v) is 3.28. The summed E-state index contributed by atoms with van der Waals surface area (Å²) in [6.07, 6.45) is 3.06. The minimum atomic E-state index is -0.352. The fourth-order valence-corrected chi connectivity index (χ4v) is 2.03. The molecule has 0 bridgehead atoms. The van der Waals surface area contributed by atoms with E-state index < -0.39 is 0 Å². The summed E-state index contributed by atoms with van der Waals surface area (Å²) >= 11 is 3.36. The van der Waals surface area contributed by atoms with E-state index in [1.165, 1.54) is 12.1 Å². The summed E-state index contributed by atoms with van der Waals surface area (Å²) in [7, 11) is 1.69. The van der Waals surface area contributed by atoms with E-state index in [1.807, 2.05) is 0 Å². The highest BCUT2D eigenvalue weighted by Gasteiger charge is 2.17. The summed E-state index contributed by atoms with van der Waals surface area (Å²) in [5.74, 6) is -0.898.